The summed E-state index contributed by atoms with van der Waals surface area (Å²) >= 11 is 6.07. The molecule has 3 amide bonds. The van der Waals surface area contributed by atoms with Gasteiger partial charge in [0.05, 0.1) is 0 Å². The zero-order chi connectivity index (χ0) is 24.6. The van der Waals surface area contributed by atoms with Crippen molar-refractivity contribution in [3.05, 3.63) is 70.7 Å². The molecule has 0 fully saturated rings. The minimum Gasteiger partial charge on any atom is -0.444 e. The zero-order valence-corrected chi connectivity index (χ0v) is 20.1. The average Bonchev–Trinajstić information content (AvgIpc) is 2.72. The van der Waals surface area contributed by atoms with Crippen LogP contribution in [0.4, 0.5) is 4.79 Å². The van der Waals surface area contributed by atoms with Crippen LogP contribution in [0.25, 0.3) is 0 Å². The molecule has 0 bridgehead atoms. The molecular formula is C25H30ClN3O4. The van der Waals surface area contributed by atoms with Gasteiger partial charge in [-0.25, -0.2) is 9.79 Å². The zero-order valence-electron chi connectivity index (χ0n) is 19.4. The Morgan fingerprint density at radius 1 is 1.03 bits per heavy atom. The summed E-state index contributed by atoms with van der Waals surface area (Å²) in [7, 11) is 0. The first-order chi connectivity index (χ1) is 15.4. The average molecular weight is 472 g/mol. The number of carbonyl (C=O) groups excluding carboxylic acids is 3. The van der Waals surface area contributed by atoms with Gasteiger partial charge in [0, 0.05) is 17.9 Å². The second kappa shape index (κ2) is 11.1. The molecule has 0 aromatic heterocycles. The fraction of sp³-hybridized carbons (Fsp3) is 0.360. The van der Waals surface area contributed by atoms with E-state index in [4.69, 9.17) is 16.3 Å². The highest BCUT2D eigenvalue weighted by Crippen LogP contribution is 2.19. The maximum Gasteiger partial charge on any atom is 0.408 e. The normalized spacial score (nSPS) is 13.8. The van der Waals surface area contributed by atoms with Crippen LogP contribution < -0.4 is 10.6 Å². The van der Waals surface area contributed by atoms with Crippen LogP contribution in [0.3, 0.4) is 0 Å². The summed E-state index contributed by atoms with van der Waals surface area (Å²) in [4.78, 5) is 41.9. The molecule has 33 heavy (non-hydrogen) atoms. The van der Waals surface area contributed by atoms with Crippen molar-refractivity contribution in [3.8, 4) is 0 Å². The van der Waals surface area contributed by atoms with Gasteiger partial charge in [-0.2, -0.15) is 0 Å². The fourth-order valence-electron chi connectivity index (χ4n) is 3.27. The number of hydrogen-bond donors (Lipinski definition) is 2. The lowest BCUT2D eigenvalue weighted by Crippen LogP contribution is -2.59. The van der Waals surface area contributed by atoms with Gasteiger partial charge in [0.25, 0.3) is 5.91 Å². The number of nitrogens with one attached hydrogen (secondary N) is 2. The lowest BCUT2D eigenvalue weighted by molar-refractivity contribution is -0.131. The van der Waals surface area contributed by atoms with Crippen molar-refractivity contribution in [2.45, 2.75) is 57.7 Å². The first-order valence-corrected chi connectivity index (χ1v) is 10.9. The van der Waals surface area contributed by atoms with Gasteiger partial charge in [-0.15, -0.1) is 0 Å². The van der Waals surface area contributed by atoms with E-state index in [-0.39, 0.29) is 12.8 Å². The van der Waals surface area contributed by atoms with Crippen LogP contribution in [0.15, 0.2) is 59.6 Å². The van der Waals surface area contributed by atoms with Crippen LogP contribution in [0.2, 0.25) is 5.02 Å². The molecule has 8 heteroatoms. The highest BCUT2D eigenvalue weighted by Gasteiger charge is 2.37. The molecule has 1 unspecified atom stereocenters. The molecule has 2 N–H and O–H groups in total. The summed E-state index contributed by atoms with van der Waals surface area (Å²) in [6.07, 6.45) is -0.389. The second-order valence-electron chi connectivity index (χ2n) is 8.98. The van der Waals surface area contributed by atoms with Gasteiger partial charge >= 0.3 is 6.09 Å². The van der Waals surface area contributed by atoms with Crippen LogP contribution in [-0.4, -0.2) is 41.8 Å². The third-order valence-corrected chi connectivity index (χ3v) is 4.99. The van der Waals surface area contributed by atoms with Crippen LogP contribution >= 0.6 is 11.6 Å². The molecule has 2 atom stereocenters. The van der Waals surface area contributed by atoms with E-state index in [1.807, 2.05) is 30.3 Å². The van der Waals surface area contributed by atoms with Gasteiger partial charge in [-0.3, -0.25) is 9.59 Å². The Labute approximate surface area is 199 Å². The Morgan fingerprint density at radius 3 is 2.24 bits per heavy atom. The van der Waals surface area contributed by atoms with Crippen molar-refractivity contribution < 1.29 is 19.1 Å². The quantitative estimate of drug-likeness (QED) is 0.566. The number of carbonyl (C=O) groups is 3. The molecule has 0 heterocycles. The number of halogens is 1. The van der Waals surface area contributed by atoms with E-state index < -0.39 is 35.1 Å². The largest absolute Gasteiger partial charge is 0.444 e. The van der Waals surface area contributed by atoms with Crippen molar-refractivity contribution in [2.75, 3.05) is 0 Å². The minimum atomic E-state index is -1.39. The Balaban J connectivity index is 2.29. The Kier molecular flexibility index (Phi) is 8.76. The van der Waals surface area contributed by atoms with Crippen LogP contribution in [-0.2, 0) is 27.2 Å². The SMILES string of the molecule is C=NC(=O)C(C)(Cc1cccc(Cl)c1)NC(=O)[C@H](Cc1ccccc1)NC(=O)OC(C)(C)C. The van der Waals surface area contributed by atoms with Crippen molar-refractivity contribution in [2.24, 2.45) is 4.99 Å². The Morgan fingerprint density at radius 2 is 1.67 bits per heavy atom. The number of rotatable bonds is 8. The molecule has 2 aromatic rings. The molecule has 0 aliphatic heterocycles. The van der Waals surface area contributed by atoms with Crippen LogP contribution in [0.1, 0.15) is 38.8 Å². The molecule has 2 rings (SSSR count). The van der Waals surface area contributed by atoms with E-state index in [2.05, 4.69) is 22.3 Å². The van der Waals surface area contributed by atoms with Gasteiger partial charge in [0.2, 0.25) is 5.91 Å². The highest BCUT2D eigenvalue weighted by molar-refractivity contribution is 6.30. The Hall–Kier alpha value is -3.19. The van der Waals surface area contributed by atoms with Gasteiger partial charge in [0.1, 0.15) is 17.2 Å². The number of amides is 3. The topological polar surface area (TPSA) is 96.9 Å². The van der Waals surface area contributed by atoms with E-state index in [1.165, 1.54) is 0 Å². The van der Waals surface area contributed by atoms with Gasteiger partial charge < -0.3 is 15.4 Å². The summed E-state index contributed by atoms with van der Waals surface area (Å²) in [6, 6.07) is 15.2. The summed E-state index contributed by atoms with van der Waals surface area (Å²) in [5.41, 5.74) is -0.559. The van der Waals surface area contributed by atoms with E-state index in [0.29, 0.717) is 5.02 Å². The molecule has 0 aliphatic carbocycles. The highest BCUT2D eigenvalue weighted by atomic mass is 35.5. The lowest BCUT2D eigenvalue weighted by atomic mass is 9.91. The smallest absolute Gasteiger partial charge is 0.408 e. The summed E-state index contributed by atoms with van der Waals surface area (Å²) < 4.78 is 5.32. The predicted octanol–water partition coefficient (Wildman–Crippen LogP) is 4.12. The number of alkyl carbamates (subject to hydrolysis) is 1. The van der Waals surface area contributed by atoms with Crippen molar-refractivity contribution >= 4 is 36.2 Å². The van der Waals surface area contributed by atoms with E-state index in [9.17, 15) is 14.4 Å². The number of benzene rings is 2. The monoisotopic (exact) mass is 471 g/mol. The van der Waals surface area contributed by atoms with Gasteiger partial charge in [-0.05, 0) is 57.7 Å². The first-order valence-electron chi connectivity index (χ1n) is 10.5. The molecule has 7 nitrogen and oxygen atoms in total. The maximum atomic E-state index is 13.3. The maximum absolute atomic E-state index is 13.3. The predicted molar refractivity (Wildman–Crippen MR) is 130 cm³/mol. The van der Waals surface area contributed by atoms with Crippen LogP contribution in [0, 0.1) is 0 Å². The molecule has 176 valence electrons. The van der Waals surface area contributed by atoms with Crippen molar-refractivity contribution in [3.63, 3.8) is 0 Å². The third kappa shape index (κ3) is 8.35. The summed E-state index contributed by atoms with van der Waals surface area (Å²) in [5, 5.41) is 5.90. The number of nitrogens with zero attached hydrogens (tertiary/aromatic N) is 1. The first kappa shape index (κ1) is 26.1. The second-order valence-corrected chi connectivity index (χ2v) is 9.42. The molecule has 0 aliphatic rings. The third-order valence-electron chi connectivity index (χ3n) is 4.75. The van der Waals surface area contributed by atoms with E-state index in [0.717, 1.165) is 11.1 Å². The standard InChI is InChI=1S/C25H30ClN3O4/c1-24(2,3)33-23(32)28-20(15-17-10-7-6-8-11-17)21(30)29-25(4,22(31)27-5)16-18-12-9-13-19(26)14-18/h6-14,20H,5,15-16H2,1-4H3,(H,28,32)(H,29,30)/t20-,25?/m0/s1. The number of ether oxygens (including phenoxy) is 1. The van der Waals surface area contributed by atoms with Gasteiger partial charge in [0.15, 0.2) is 0 Å². The lowest BCUT2D eigenvalue weighted by Gasteiger charge is -2.30. The van der Waals surface area contributed by atoms with E-state index >= 15 is 0 Å². The van der Waals surface area contributed by atoms with Gasteiger partial charge in [-0.1, -0.05) is 54.1 Å². The molecule has 0 saturated heterocycles. The molecule has 0 saturated carbocycles. The molecule has 0 spiro atoms. The van der Waals surface area contributed by atoms with Crippen molar-refractivity contribution in [1.82, 2.24) is 10.6 Å². The molecule has 2 aromatic carbocycles. The van der Waals surface area contributed by atoms with E-state index in [1.54, 1.807) is 52.0 Å². The molecular weight excluding hydrogens is 442 g/mol. The summed E-state index contributed by atoms with van der Waals surface area (Å²) in [6.45, 7) is 10.1. The molecule has 0 radical (unpaired) electrons. The van der Waals surface area contributed by atoms with Crippen LogP contribution in [0.5, 0.6) is 0 Å². The summed E-state index contributed by atoms with van der Waals surface area (Å²) in [5.74, 6) is -1.15. The minimum absolute atomic E-state index is 0.141. The Bertz CT molecular complexity index is 1000. The number of aliphatic imine (C=N–C) groups is 1. The fourth-order valence-corrected chi connectivity index (χ4v) is 3.48. The number of hydrogen-bond acceptors (Lipinski definition) is 4. The van der Waals surface area contributed by atoms with Crippen molar-refractivity contribution in [1.29, 1.82) is 0 Å².